The highest BCUT2D eigenvalue weighted by Crippen LogP contribution is 2.41. The number of nitrogens with zero attached hydrogens (tertiary/aromatic N) is 3. The van der Waals surface area contributed by atoms with E-state index in [0.717, 1.165) is 11.3 Å². The molecule has 1 amide bonds. The highest BCUT2D eigenvalue weighted by atomic mass is 16.6. The summed E-state index contributed by atoms with van der Waals surface area (Å²) in [5.41, 5.74) is 0.706. The van der Waals surface area contributed by atoms with E-state index in [1.807, 2.05) is 41.9 Å². The van der Waals surface area contributed by atoms with Gasteiger partial charge in [0.2, 0.25) is 0 Å². The van der Waals surface area contributed by atoms with E-state index in [2.05, 4.69) is 4.98 Å². The van der Waals surface area contributed by atoms with E-state index < -0.39 is 5.60 Å². The molecule has 2 unspecified atom stereocenters. The third-order valence-electron chi connectivity index (χ3n) is 5.26. The van der Waals surface area contributed by atoms with Crippen LogP contribution in [0.3, 0.4) is 0 Å². The molecule has 0 saturated carbocycles. The number of piperidine rings is 1. The molecule has 2 saturated heterocycles. The number of rotatable bonds is 3. The van der Waals surface area contributed by atoms with Crippen LogP contribution >= 0.6 is 0 Å². The summed E-state index contributed by atoms with van der Waals surface area (Å²) in [7, 11) is 1.87. The van der Waals surface area contributed by atoms with Crippen molar-refractivity contribution >= 4 is 6.09 Å². The van der Waals surface area contributed by atoms with E-state index in [1.54, 1.807) is 17.4 Å². The Hall–Kier alpha value is -2.38. The van der Waals surface area contributed by atoms with Crippen LogP contribution in [0.4, 0.5) is 4.79 Å². The lowest BCUT2D eigenvalue weighted by Gasteiger charge is -2.50. The van der Waals surface area contributed by atoms with Crippen molar-refractivity contribution in [3.63, 3.8) is 0 Å². The second kappa shape index (κ2) is 6.74. The van der Waals surface area contributed by atoms with E-state index in [4.69, 9.17) is 9.47 Å². The van der Waals surface area contributed by atoms with Gasteiger partial charge in [0.15, 0.2) is 0 Å². The average Bonchev–Trinajstić information content (AvgIpc) is 3.07. The van der Waals surface area contributed by atoms with Crippen molar-refractivity contribution in [2.75, 3.05) is 13.2 Å². The lowest BCUT2D eigenvalue weighted by Crippen LogP contribution is -2.62. The molecule has 1 aromatic carbocycles. The second-order valence-electron chi connectivity index (χ2n) is 7.12. The number of aromatic nitrogens is 2. The smallest absolute Gasteiger partial charge is 0.410 e. The summed E-state index contributed by atoms with van der Waals surface area (Å²) < 4.78 is 13.0. The predicted molar refractivity (Wildman–Crippen MR) is 93.2 cm³/mol. The van der Waals surface area contributed by atoms with Crippen molar-refractivity contribution in [1.29, 1.82) is 0 Å². The van der Waals surface area contributed by atoms with E-state index in [-0.39, 0.29) is 24.8 Å². The number of hydrogen-bond donors (Lipinski definition) is 1. The first kappa shape index (κ1) is 17.1. The predicted octanol–water partition coefficient (Wildman–Crippen LogP) is 1.81. The van der Waals surface area contributed by atoms with Crippen molar-refractivity contribution < 1.29 is 19.4 Å². The molecule has 7 nitrogen and oxygen atoms in total. The SMILES string of the molecule is Cn1cncc1C1(O)CC2COCC(C1)N2C(=O)OCc1ccccc1. The third-order valence-corrected chi connectivity index (χ3v) is 5.26. The number of fused-ring (bicyclic) bond motifs is 2. The molecule has 2 aliphatic rings. The average molecular weight is 357 g/mol. The summed E-state index contributed by atoms with van der Waals surface area (Å²) in [6.07, 6.45) is 3.84. The Labute approximate surface area is 152 Å². The van der Waals surface area contributed by atoms with Crippen LogP contribution in [0.15, 0.2) is 42.9 Å². The first-order valence-electron chi connectivity index (χ1n) is 8.83. The molecule has 1 N–H and O–H groups in total. The van der Waals surface area contributed by atoms with Crippen molar-refractivity contribution in [1.82, 2.24) is 14.5 Å². The van der Waals surface area contributed by atoms with Gasteiger partial charge in [-0.15, -0.1) is 0 Å². The van der Waals surface area contributed by atoms with E-state index in [0.29, 0.717) is 26.1 Å². The Morgan fingerprint density at radius 2 is 2.00 bits per heavy atom. The number of morpholine rings is 1. The molecule has 26 heavy (non-hydrogen) atoms. The van der Waals surface area contributed by atoms with Crippen LogP contribution in [0.2, 0.25) is 0 Å². The molecule has 2 aliphatic heterocycles. The summed E-state index contributed by atoms with van der Waals surface area (Å²) in [6, 6.07) is 9.18. The molecule has 2 aromatic rings. The number of carbonyl (C=O) groups excluding carboxylic acids is 1. The van der Waals surface area contributed by atoms with Gasteiger partial charge in [0.1, 0.15) is 12.2 Å². The number of aliphatic hydroxyl groups is 1. The third kappa shape index (κ3) is 3.08. The molecule has 2 atom stereocenters. The lowest BCUT2D eigenvalue weighted by atomic mass is 9.79. The minimum Gasteiger partial charge on any atom is -0.445 e. The summed E-state index contributed by atoms with van der Waals surface area (Å²) in [6.45, 7) is 1.04. The Kier molecular flexibility index (Phi) is 4.42. The Morgan fingerprint density at radius 1 is 1.31 bits per heavy atom. The minimum absolute atomic E-state index is 0.217. The first-order valence-corrected chi connectivity index (χ1v) is 8.83. The zero-order chi connectivity index (χ0) is 18.1. The van der Waals surface area contributed by atoms with Crippen LogP contribution < -0.4 is 0 Å². The van der Waals surface area contributed by atoms with Gasteiger partial charge in [0.05, 0.1) is 43.5 Å². The number of imidazole rings is 1. The number of benzene rings is 1. The molecular weight excluding hydrogens is 334 g/mol. The molecule has 2 fully saturated rings. The van der Waals surface area contributed by atoms with E-state index in [1.165, 1.54) is 0 Å². The van der Waals surface area contributed by atoms with Gasteiger partial charge in [-0.05, 0) is 5.56 Å². The monoisotopic (exact) mass is 357 g/mol. The molecule has 0 spiro atoms. The molecule has 0 aliphatic carbocycles. The Morgan fingerprint density at radius 3 is 2.62 bits per heavy atom. The molecule has 0 radical (unpaired) electrons. The van der Waals surface area contributed by atoms with Gasteiger partial charge < -0.3 is 19.1 Å². The van der Waals surface area contributed by atoms with Gasteiger partial charge in [-0.3, -0.25) is 4.90 Å². The molecule has 4 rings (SSSR count). The maximum Gasteiger partial charge on any atom is 0.410 e. The summed E-state index contributed by atoms with van der Waals surface area (Å²) in [5, 5.41) is 11.2. The van der Waals surface area contributed by atoms with Gasteiger partial charge in [-0.2, -0.15) is 0 Å². The maximum atomic E-state index is 12.7. The molecule has 1 aromatic heterocycles. The van der Waals surface area contributed by atoms with Gasteiger partial charge in [0.25, 0.3) is 0 Å². The minimum atomic E-state index is -1.01. The highest BCUT2D eigenvalue weighted by molar-refractivity contribution is 5.69. The number of carbonyl (C=O) groups is 1. The Bertz CT molecular complexity index is 762. The van der Waals surface area contributed by atoms with E-state index >= 15 is 0 Å². The molecule has 138 valence electrons. The number of amides is 1. The van der Waals surface area contributed by atoms with Crippen molar-refractivity contribution in [3.05, 3.63) is 54.1 Å². The normalized spacial score (nSPS) is 28.0. The topological polar surface area (TPSA) is 76.8 Å². The number of aryl methyl sites for hydroxylation is 1. The largest absolute Gasteiger partial charge is 0.445 e. The zero-order valence-corrected chi connectivity index (χ0v) is 14.7. The molecule has 3 heterocycles. The number of ether oxygens (including phenoxy) is 2. The van der Waals surface area contributed by atoms with Crippen LogP contribution in [0.1, 0.15) is 24.1 Å². The first-order chi connectivity index (χ1) is 12.6. The van der Waals surface area contributed by atoms with Gasteiger partial charge in [0, 0.05) is 19.9 Å². The van der Waals surface area contributed by atoms with Crippen LogP contribution in [0.5, 0.6) is 0 Å². The fraction of sp³-hybridized carbons (Fsp3) is 0.474. The second-order valence-corrected chi connectivity index (χ2v) is 7.12. The Balaban J connectivity index is 1.49. The maximum absolute atomic E-state index is 12.7. The fourth-order valence-corrected chi connectivity index (χ4v) is 4.08. The van der Waals surface area contributed by atoms with Gasteiger partial charge in [-0.1, -0.05) is 30.3 Å². The summed E-state index contributed by atoms with van der Waals surface area (Å²) in [5.74, 6) is 0. The summed E-state index contributed by atoms with van der Waals surface area (Å²) >= 11 is 0. The van der Waals surface area contributed by atoms with Crippen molar-refractivity contribution in [2.24, 2.45) is 7.05 Å². The van der Waals surface area contributed by atoms with Crippen LogP contribution in [0, 0.1) is 0 Å². The van der Waals surface area contributed by atoms with Crippen LogP contribution in [-0.2, 0) is 28.7 Å². The van der Waals surface area contributed by atoms with Crippen LogP contribution in [-0.4, -0.2) is 50.9 Å². The van der Waals surface area contributed by atoms with Crippen LogP contribution in [0.25, 0.3) is 0 Å². The van der Waals surface area contributed by atoms with Crippen molar-refractivity contribution in [2.45, 2.75) is 37.1 Å². The molecule has 2 bridgehead atoms. The van der Waals surface area contributed by atoms with Crippen molar-refractivity contribution in [3.8, 4) is 0 Å². The lowest BCUT2D eigenvalue weighted by molar-refractivity contribution is -0.139. The number of hydrogen-bond acceptors (Lipinski definition) is 5. The van der Waals surface area contributed by atoms with Gasteiger partial charge in [-0.25, -0.2) is 9.78 Å². The van der Waals surface area contributed by atoms with E-state index in [9.17, 15) is 9.90 Å². The zero-order valence-electron chi connectivity index (χ0n) is 14.7. The molecule has 7 heteroatoms. The standard InChI is InChI=1S/C19H23N3O4/c1-21-13-20-9-17(21)19(24)7-15-11-25-12-16(8-19)22(15)18(23)26-10-14-5-3-2-4-6-14/h2-6,9,13,15-16,24H,7-8,10-12H2,1H3. The quantitative estimate of drug-likeness (QED) is 0.907. The fourth-order valence-electron chi connectivity index (χ4n) is 4.08. The van der Waals surface area contributed by atoms with Gasteiger partial charge >= 0.3 is 6.09 Å². The molecular formula is C19H23N3O4. The summed E-state index contributed by atoms with van der Waals surface area (Å²) in [4.78, 5) is 18.6. The highest BCUT2D eigenvalue weighted by Gasteiger charge is 2.50.